The minimum absolute atomic E-state index is 0.0316. The average molecular weight is 331 g/mol. The van der Waals surface area contributed by atoms with Crippen LogP contribution in [-0.2, 0) is 17.8 Å². The minimum Gasteiger partial charge on any atom is -0.504 e. The molecule has 2 rings (SSSR count). The Balaban J connectivity index is 1.94. The number of nitrogens with one attached hydrogen (secondary N) is 1. The summed E-state index contributed by atoms with van der Waals surface area (Å²) in [5.41, 5.74) is 1.98. The van der Waals surface area contributed by atoms with Crippen LogP contribution in [-0.4, -0.2) is 23.9 Å². The molecule has 1 amide bonds. The van der Waals surface area contributed by atoms with Crippen LogP contribution in [0.25, 0.3) is 0 Å². The second kappa shape index (κ2) is 8.48. The van der Waals surface area contributed by atoms with Gasteiger partial charge < -0.3 is 15.2 Å². The Kier molecular flexibility index (Phi) is 6.35. The largest absolute Gasteiger partial charge is 0.504 e. The quantitative estimate of drug-likeness (QED) is 0.684. The number of carbonyl (C=O) groups is 1. The molecule has 0 saturated carbocycles. The number of aromatic hydroxyl groups is 1. The van der Waals surface area contributed by atoms with Crippen LogP contribution in [0.3, 0.4) is 0 Å². The Hall–Kier alpha value is -2.14. The van der Waals surface area contributed by atoms with E-state index in [2.05, 4.69) is 17.9 Å². The maximum absolute atomic E-state index is 12.3. The van der Waals surface area contributed by atoms with Crippen LogP contribution in [0.5, 0.6) is 11.5 Å². The lowest BCUT2D eigenvalue weighted by atomic mass is 10.00. The zero-order chi connectivity index (χ0) is 16.7. The van der Waals surface area contributed by atoms with Crippen molar-refractivity contribution in [1.29, 1.82) is 0 Å². The van der Waals surface area contributed by atoms with E-state index in [-0.39, 0.29) is 17.6 Å². The summed E-state index contributed by atoms with van der Waals surface area (Å²) in [7, 11) is 1.49. The molecular weight excluding hydrogens is 310 g/mol. The maximum Gasteiger partial charge on any atom is 0.224 e. The second-order valence-corrected chi connectivity index (χ2v) is 5.66. The van der Waals surface area contributed by atoms with Crippen LogP contribution >= 0.6 is 12.6 Å². The summed E-state index contributed by atoms with van der Waals surface area (Å²) in [4.78, 5) is 12.3. The van der Waals surface area contributed by atoms with Gasteiger partial charge in [-0.25, -0.2) is 0 Å². The van der Waals surface area contributed by atoms with Crippen molar-refractivity contribution < 1.29 is 14.6 Å². The van der Waals surface area contributed by atoms with Crippen LogP contribution in [0.15, 0.2) is 48.5 Å². The maximum atomic E-state index is 12.3. The monoisotopic (exact) mass is 331 g/mol. The topological polar surface area (TPSA) is 58.6 Å². The van der Waals surface area contributed by atoms with Gasteiger partial charge in [-0.1, -0.05) is 36.4 Å². The minimum atomic E-state index is -0.181. The molecule has 0 aliphatic heterocycles. The molecule has 0 aliphatic rings. The number of thiol groups is 1. The fraction of sp³-hybridized carbons (Fsp3) is 0.278. The van der Waals surface area contributed by atoms with Crippen molar-refractivity contribution in [2.45, 2.75) is 13.0 Å². The van der Waals surface area contributed by atoms with E-state index in [1.165, 1.54) is 7.11 Å². The third-order valence-corrected chi connectivity index (χ3v) is 4.07. The molecule has 0 aromatic heterocycles. The van der Waals surface area contributed by atoms with E-state index in [1.807, 2.05) is 30.3 Å². The number of hydrogen-bond acceptors (Lipinski definition) is 4. The van der Waals surface area contributed by atoms with Crippen LogP contribution in [0.4, 0.5) is 0 Å². The molecule has 0 fully saturated rings. The van der Waals surface area contributed by atoms with E-state index < -0.39 is 0 Å². The first kappa shape index (κ1) is 17.2. The molecule has 4 nitrogen and oxygen atoms in total. The SMILES string of the molecule is COc1cc(CNC(=O)C(CS)Cc2ccccc2)ccc1O. The zero-order valence-corrected chi connectivity index (χ0v) is 13.9. The molecular formula is C18H21NO3S. The number of hydrogen-bond donors (Lipinski definition) is 3. The summed E-state index contributed by atoms with van der Waals surface area (Å²) >= 11 is 4.30. The fourth-order valence-corrected chi connectivity index (χ4v) is 2.60. The molecule has 23 heavy (non-hydrogen) atoms. The van der Waals surface area contributed by atoms with Crippen molar-refractivity contribution in [1.82, 2.24) is 5.32 Å². The molecule has 0 saturated heterocycles. The standard InChI is InChI=1S/C18H21NO3S/c1-22-17-10-14(7-8-16(17)20)11-19-18(21)15(12-23)9-13-5-3-2-4-6-13/h2-8,10,15,20,23H,9,11-12H2,1H3,(H,19,21). The van der Waals surface area contributed by atoms with Gasteiger partial charge in [0.05, 0.1) is 13.0 Å². The van der Waals surface area contributed by atoms with Crippen LogP contribution in [0, 0.1) is 5.92 Å². The molecule has 1 atom stereocenters. The lowest BCUT2D eigenvalue weighted by Gasteiger charge is -2.15. The van der Waals surface area contributed by atoms with Crippen LogP contribution in [0.1, 0.15) is 11.1 Å². The average Bonchev–Trinajstić information content (AvgIpc) is 2.59. The van der Waals surface area contributed by atoms with Crippen molar-refractivity contribution in [2.24, 2.45) is 5.92 Å². The molecule has 0 radical (unpaired) electrons. The van der Waals surface area contributed by atoms with Gasteiger partial charge in [-0.2, -0.15) is 12.6 Å². The number of carbonyl (C=O) groups excluding carboxylic acids is 1. The summed E-state index contributed by atoms with van der Waals surface area (Å²) in [6, 6.07) is 14.9. The van der Waals surface area contributed by atoms with E-state index in [0.717, 1.165) is 11.1 Å². The first-order valence-electron chi connectivity index (χ1n) is 7.42. The Morgan fingerprint density at radius 2 is 1.96 bits per heavy atom. The second-order valence-electron chi connectivity index (χ2n) is 5.29. The van der Waals surface area contributed by atoms with Gasteiger partial charge in [0.25, 0.3) is 0 Å². The third kappa shape index (κ3) is 4.93. The highest BCUT2D eigenvalue weighted by Gasteiger charge is 2.17. The van der Waals surface area contributed by atoms with Crippen molar-refractivity contribution in [3.8, 4) is 11.5 Å². The van der Waals surface area contributed by atoms with Gasteiger partial charge in [0.2, 0.25) is 5.91 Å². The van der Waals surface area contributed by atoms with E-state index in [1.54, 1.807) is 18.2 Å². The smallest absolute Gasteiger partial charge is 0.224 e. The Labute approximate surface area is 141 Å². The normalized spacial score (nSPS) is 11.7. The number of amides is 1. The van der Waals surface area contributed by atoms with Crippen LogP contribution in [0.2, 0.25) is 0 Å². The highest BCUT2D eigenvalue weighted by molar-refractivity contribution is 7.80. The molecule has 0 spiro atoms. The third-order valence-electron chi connectivity index (χ3n) is 3.63. The molecule has 1 unspecified atom stereocenters. The molecule has 2 aromatic rings. The van der Waals surface area contributed by atoms with Gasteiger partial charge in [-0.05, 0) is 29.7 Å². The summed E-state index contributed by atoms with van der Waals surface area (Å²) in [6.45, 7) is 0.383. The van der Waals surface area contributed by atoms with E-state index in [4.69, 9.17) is 4.74 Å². The summed E-state index contributed by atoms with van der Waals surface area (Å²) in [5.74, 6) is 0.752. The van der Waals surface area contributed by atoms with Gasteiger partial charge in [0, 0.05) is 12.3 Å². The number of ether oxygens (including phenoxy) is 1. The highest BCUT2D eigenvalue weighted by Crippen LogP contribution is 2.26. The van der Waals surface area contributed by atoms with Crippen LogP contribution < -0.4 is 10.1 Å². The number of phenolic OH excluding ortho intramolecular Hbond substituents is 1. The van der Waals surface area contributed by atoms with Crippen molar-refractivity contribution in [3.05, 3.63) is 59.7 Å². The summed E-state index contributed by atoms with van der Waals surface area (Å²) < 4.78 is 5.07. The number of rotatable bonds is 7. The molecule has 122 valence electrons. The molecule has 5 heteroatoms. The fourth-order valence-electron chi connectivity index (χ4n) is 2.30. The van der Waals surface area contributed by atoms with E-state index in [9.17, 15) is 9.90 Å². The van der Waals surface area contributed by atoms with Crippen molar-refractivity contribution >= 4 is 18.5 Å². The molecule has 2 N–H and O–H groups in total. The number of methoxy groups -OCH3 is 1. The van der Waals surface area contributed by atoms with E-state index >= 15 is 0 Å². The van der Waals surface area contributed by atoms with Gasteiger partial charge in [0.1, 0.15) is 0 Å². The Morgan fingerprint density at radius 1 is 1.22 bits per heavy atom. The predicted octanol–water partition coefficient (Wildman–Crippen LogP) is 2.81. The first-order chi connectivity index (χ1) is 11.1. The lowest BCUT2D eigenvalue weighted by molar-refractivity contribution is -0.124. The lowest BCUT2D eigenvalue weighted by Crippen LogP contribution is -2.32. The predicted molar refractivity (Wildman–Crippen MR) is 94.0 cm³/mol. The van der Waals surface area contributed by atoms with Gasteiger partial charge in [0.15, 0.2) is 11.5 Å². The Bertz CT molecular complexity index is 646. The molecule has 0 bridgehead atoms. The number of benzene rings is 2. The zero-order valence-electron chi connectivity index (χ0n) is 13.0. The number of phenols is 1. The van der Waals surface area contributed by atoms with Crippen molar-refractivity contribution in [3.63, 3.8) is 0 Å². The van der Waals surface area contributed by atoms with Gasteiger partial charge in [-0.15, -0.1) is 0 Å². The summed E-state index contributed by atoms with van der Waals surface area (Å²) in [6.07, 6.45) is 0.662. The molecule has 0 aliphatic carbocycles. The molecule has 0 heterocycles. The van der Waals surface area contributed by atoms with Gasteiger partial charge in [-0.3, -0.25) is 4.79 Å². The Morgan fingerprint density at radius 3 is 2.61 bits per heavy atom. The highest BCUT2D eigenvalue weighted by atomic mass is 32.1. The molecule has 2 aromatic carbocycles. The van der Waals surface area contributed by atoms with Gasteiger partial charge >= 0.3 is 0 Å². The van der Waals surface area contributed by atoms with E-state index in [0.29, 0.717) is 24.5 Å². The first-order valence-corrected chi connectivity index (χ1v) is 8.05. The summed E-state index contributed by atoms with van der Waals surface area (Å²) in [5, 5.41) is 12.5. The van der Waals surface area contributed by atoms with Crippen molar-refractivity contribution in [2.75, 3.05) is 12.9 Å².